The Hall–Kier alpha value is -1.07. The van der Waals surface area contributed by atoms with E-state index in [2.05, 4.69) is 21.2 Å². The Morgan fingerprint density at radius 3 is 2.61 bits per heavy atom. The Morgan fingerprint density at radius 1 is 1.44 bits per heavy atom. The monoisotopic (exact) mass is 315 g/mol. The van der Waals surface area contributed by atoms with Crippen LogP contribution in [0.3, 0.4) is 0 Å². The Bertz CT molecular complexity index is 421. The van der Waals surface area contributed by atoms with Gasteiger partial charge in [0.1, 0.15) is 0 Å². The van der Waals surface area contributed by atoms with Gasteiger partial charge in [-0.1, -0.05) is 29.8 Å². The molecule has 5 heteroatoms. The van der Waals surface area contributed by atoms with Crippen molar-refractivity contribution in [2.24, 2.45) is 5.92 Å². The topological polar surface area (TPSA) is 69.6 Å². The lowest BCUT2D eigenvalue weighted by Gasteiger charge is -2.23. The van der Waals surface area contributed by atoms with E-state index in [1.54, 1.807) is 18.2 Å². The lowest BCUT2D eigenvalue weighted by Crippen LogP contribution is -2.27. The number of hydrogen-bond acceptors (Lipinski definition) is 3. The lowest BCUT2D eigenvalue weighted by atomic mass is 10.0. The Labute approximate surface area is 115 Å². The summed E-state index contributed by atoms with van der Waals surface area (Å²) in [5, 5.41) is 21.4. The van der Waals surface area contributed by atoms with Gasteiger partial charge in [-0.05, 0) is 30.5 Å². The van der Waals surface area contributed by atoms with Crippen molar-refractivity contribution in [2.75, 3.05) is 11.9 Å². The molecule has 1 aromatic carbocycles. The first-order valence-corrected chi connectivity index (χ1v) is 6.65. The van der Waals surface area contributed by atoms with Gasteiger partial charge in [0.2, 0.25) is 0 Å². The van der Waals surface area contributed by atoms with Crippen LogP contribution in [0.25, 0.3) is 0 Å². The third-order valence-electron chi connectivity index (χ3n) is 2.80. The van der Waals surface area contributed by atoms with E-state index >= 15 is 0 Å². The molecule has 1 rings (SSSR count). The Balaban J connectivity index is 3.00. The highest BCUT2D eigenvalue weighted by Gasteiger charge is 2.17. The van der Waals surface area contributed by atoms with Crippen molar-refractivity contribution in [1.82, 2.24) is 0 Å². The van der Waals surface area contributed by atoms with E-state index in [9.17, 15) is 4.79 Å². The summed E-state index contributed by atoms with van der Waals surface area (Å²) in [7, 11) is 0. The van der Waals surface area contributed by atoms with E-state index in [4.69, 9.17) is 10.2 Å². The molecule has 0 saturated heterocycles. The normalized spacial score (nSPS) is 12.5. The van der Waals surface area contributed by atoms with Gasteiger partial charge < -0.3 is 15.5 Å². The van der Waals surface area contributed by atoms with E-state index in [-0.39, 0.29) is 18.2 Å². The molecule has 1 aromatic rings. The van der Waals surface area contributed by atoms with Crippen LogP contribution >= 0.6 is 15.9 Å². The molecule has 0 aromatic heterocycles. The maximum Gasteiger partial charge on any atom is 0.337 e. The van der Waals surface area contributed by atoms with E-state index in [1.165, 1.54) is 0 Å². The van der Waals surface area contributed by atoms with E-state index < -0.39 is 5.97 Å². The van der Waals surface area contributed by atoms with Gasteiger partial charge in [0.25, 0.3) is 0 Å². The number of hydrogen-bond donors (Lipinski definition) is 3. The SMILES string of the molecule is CC(C)C(CCO)Nc1cc(Br)ccc1C(=O)O. The van der Waals surface area contributed by atoms with Crippen molar-refractivity contribution in [2.45, 2.75) is 26.3 Å². The lowest BCUT2D eigenvalue weighted by molar-refractivity contribution is 0.0698. The van der Waals surface area contributed by atoms with E-state index in [0.29, 0.717) is 18.0 Å². The van der Waals surface area contributed by atoms with Gasteiger partial charge >= 0.3 is 5.97 Å². The average molecular weight is 316 g/mol. The summed E-state index contributed by atoms with van der Waals surface area (Å²) in [5.74, 6) is -0.658. The second-order valence-electron chi connectivity index (χ2n) is 4.50. The zero-order valence-corrected chi connectivity index (χ0v) is 12.1. The number of halogens is 1. The summed E-state index contributed by atoms with van der Waals surface area (Å²) >= 11 is 3.33. The second kappa shape index (κ2) is 6.75. The predicted octanol–water partition coefficient (Wildman–Crippen LogP) is 2.97. The number of aromatic carboxylic acids is 1. The first-order valence-electron chi connectivity index (χ1n) is 5.86. The minimum atomic E-state index is -0.962. The molecule has 0 amide bonds. The van der Waals surface area contributed by atoms with Crippen LogP contribution in [-0.2, 0) is 0 Å². The predicted molar refractivity (Wildman–Crippen MR) is 75.1 cm³/mol. The number of anilines is 1. The van der Waals surface area contributed by atoms with Crippen molar-refractivity contribution < 1.29 is 15.0 Å². The standard InChI is InChI=1S/C13H18BrNO3/c1-8(2)11(5-6-16)15-12-7-9(14)3-4-10(12)13(17)18/h3-4,7-8,11,15-16H,5-6H2,1-2H3,(H,17,18). The largest absolute Gasteiger partial charge is 0.478 e. The van der Waals surface area contributed by atoms with Crippen LogP contribution < -0.4 is 5.32 Å². The molecule has 4 nitrogen and oxygen atoms in total. The average Bonchev–Trinajstić information content (AvgIpc) is 2.28. The number of carboxylic acid groups (broad SMARTS) is 1. The number of carboxylic acids is 1. The first kappa shape index (κ1) is 15.0. The van der Waals surface area contributed by atoms with Crippen LogP contribution in [0, 0.1) is 5.92 Å². The van der Waals surface area contributed by atoms with Crippen molar-refractivity contribution in [3.8, 4) is 0 Å². The van der Waals surface area contributed by atoms with Gasteiger partial charge in [0.05, 0.1) is 11.3 Å². The van der Waals surface area contributed by atoms with Crippen LogP contribution in [0.1, 0.15) is 30.6 Å². The molecule has 0 aliphatic heterocycles. The fourth-order valence-corrected chi connectivity index (χ4v) is 2.09. The van der Waals surface area contributed by atoms with Gasteiger partial charge in [-0.25, -0.2) is 4.79 Å². The minimum Gasteiger partial charge on any atom is -0.478 e. The smallest absolute Gasteiger partial charge is 0.337 e. The van der Waals surface area contributed by atoms with Crippen LogP contribution in [0.4, 0.5) is 5.69 Å². The fraction of sp³-hybridized carbons (Fsp3) is 0.462. The maximum absolute atomic E-state index is 11.1. The Morgan fingerprint density at radius 2 is 2.11 bits per heavy atom. The molecule has 100 valence electrons. The number of aliphatic hydroxyl groups excluding tert-OH is 1. The van der Waals surface area contributed by atoms with Crippen LogP contribution in [0.2, 0.25) is 0 Å². The molecule has 0 aliphatic rings. The molecule has 0 fully saturated rings. The third kappa shape index (κ3) is 3.99. The summed E-state index contributed by atoms with van der Waals surface area (Å²) < 4.78 is 0.821. The molecule has 0 saturated carbocycles. The van der Waals surface area contributed by atoms with Crippen molar-refractivity contribution >= 4 is 27.6 Å². The van der Waals surface area contributed by atoms with Crippen LogP contribution in [0.15, 0.2) is 22.7 Å². The molecule has 18 heavy (non-hydrogen) atoms. The summed E-state index contributed by atoms with van der Waals surface area (Å²) in [6.07, 6.45) is 0.587. The van der Waals surface area contributed by atoms with Gasteiger partial charge in [-0.15, -0.1) is 0 Å². The number of rotatable bonds is 6. The first-order chi connectivity index (χ1) is 8.45. The molecule has 0 heterocycles. The van der Waals surface area contributed by atoms with Gasteiger partial charge in [-0.2, -0.15) is 0 Å². The molecular formula is C13H18BrNO3. The van der Waals surface area contributed by atoms with Gasteiger partial charge in [-0.3, -0.25) is 0 Å². The summed E-state index contributed by atoms with van der Waals surface area (Å²) in [4.78, 5) is 11.1. The zero-order valence-electron chi connectivity index (χ0n) is 10.5. The fourth-order valence-electron chi connectivity index (χ4n) is 1.73. The highest BCUT2D eigenvalue weighted by atomic mass is 79.9. The molecule has 0 aliphatic carbocycles. The van der Waals surface area contributed by atoms with Crippen molar-refractivity contribution in [3.63, 3.8) is 0 Å². The summed E-state index contributed by atoms with van der Waals surface area (Å²) in [6, 6.07) is 5.05. The molecular weight excluding hydrogens is 298 g/mol. The molecule has 0 radical (unpaired) electrons. The Kier molecular flexibility index (Phi) is 5.62. The van der Waals surface area contributed by atoms with Crippen molar-refractivity contribution in [1.29, 1.82) is 0 Å². The van der Waals surface area contributed by atoms with E-state index in [1.807, 2.05) is 13.8 Å². The number of benzene rings is 1. The second-order valence-corrected chi connectivity index (χ2v) is 5.42. The van der Waals surface area contributed by atoms with Gasteiger partial charge in [0.15, 0.2) is 0 Å². The number of nitrogens with one attached hydrogen (secondary N) is 1. The quantitative estimate of drug-likeness (QED) is 0.755. The minimum absolute atomic E-state index is 0.0439. The number of carbonyl (C=O) groups is 1. The van der Waals surface area contributed by atoms with Crippen molar-refractivity contribution in [3.05, 3.63) is 28.2 Å². The van der Waals surface area contributed by atoms with Gasteiger partial charge in [0, 0.05) is 17.1 Å². The molecule has 1 unspecified atom stereocenters. The number of aliphatic hydroxyl groups is 1. The molecule has 1 atom stereocenters. The third-order valence-corrected chi connectivity index (χ3v) is 3.29. The summed E-state index contributed by atoms with van der Waals surface area (Å²) in [6.45, 7) is 4.14. The highest BCUT2D eigenvalue weighted by molar-refractivity contribution is 9.10. The van der Waals surface area contributed by atoms with Crippen LogP contribution in [0.5, 0.6) is 0 Å². The molecule has 3 N–H and O–H groups in total. The maximum atomic E-state index is 11.1. The highest BCUT2D eigenvalue weighted by Crippen LogP contribution is 2.24. The van der Waals surface area contributed by atoms with E-state index in [0.717, 1.165) is 4.47 Å². The zero-order chi connectivity index (χ0) is 13.7. The summed E-state index contributed by atoms with van der Waals surface area (Å²) in [5.41, 5.74) is 0.811. The molecule has 0 spiro atoms. The molecule has 0 bridgehead atoms. The van der Waals surface area contributed by atoms with Crippen LogP contribution in [-0.4, -0.2) is 28.8 Å².